The summed E-state index contributed by atoms with van der Waals surface area (Å²) in [5, 5.41) is 9.23. The Morgan fingerprint density at radius 3 is 2.39 bits per heavy atom. The molecule has 1 aromatic rings. The minimum Gasteiger partial charge on any atom is -0.478 e. The van der Waals surface area contributed by atoms with Crippen LogP contribution in [0.2, 0.25) is 5.02 Å². The number of pyridine rings is 1. The van der Waals surface area contributed by atoms with Crippen LogP contribution in [0.3, 0.4) is 0 Å². The fraction of sp³-hybridized carbons (Fsp3) is 0.533. The summed E-state index contributed by atoms with van der Waals surface area (Å²) in [5.41, 5.74) is -0.513. The topological polar surface area (TPSA) is 83.0 Å². The molecule has 0 aliphatic carbocycles. The number of aromatic nitrogens is 1. The molecule has 1 aromatic heterocycles. The van der Waals surface area contributed by atoms with Crippen molar-refractivity contribution < 1.29 is 19.4 Å². The Morgan fingerprint density at radius 2 is 1.87 bits per heavy atom. The van der Waals surface area contributed by atoms with Gasteiger partial charge in [0, 0.05) is 32.4 Å². The smallest absolute Gasteiger partial charge is 0.410 e. The summed E-state index contributed by atoms with van der Waals surface area (Å²) in [7, 11) is 0. The van der Waals surface area contributed by atoms with Gasteiger partial charge in [-0.2, -0.15) is 0 Å². The van der Waals surface area contributed by atoms with E-state index in [4.69, 9.17) is 21.4 Å². The van der Waals surface area contributed by atoms with E-state index in [2.05, 4.69) is 4.98 Å². The molecule has 126 valence electrons. The Bertz CT molecular complexity index is 607. The Hall–Kier alpha value is -2.02. The van der Waals surface area contributed by atoms with Crippen LogP contribution in [0.5, 0.6) is 0 Å². The van der Waals surface area contributed by atoms with Crippen LogP contribution in [-0.2, 0) is 4.74 Å². The molecule has 7 nitrogen and oxygen atoms in total. The number of hydrogen-bond acceptors (Lipinski definition) is 5. The van der Waals surface area contributed by atoms with Crippen molar-refractivity contribution in [1.82, 2.24) is 9.88 Å². The average Bonchev–Trinajstić information content (AvgIpc) is 2.45. The van der Waals surface area contributed by atoms with Gasteiger partial charge in [0.1, 0.15) is 11.4 Å². The van der Waals surface area contributed by atoms with E-state index in [0.29, 0.717) is 32.0 Å². The Balaban J connectivity index is 2.04. The van der Waals surface area contributed by atoms with Crippen LogP contribution in [0.25, 0.3) is 0 Å². The number of carbonyl (C=O) groups excluding carboxylic acids is 1. The normalized spacial score (nSPS) is 15.5. The molecular formula is C15H20ClN3O4. The lowest BCUT2D eigenvalue weighted by atomic mass is 10.2. The lowest BCUT2D eigenvalue weighted by Gasteiger charge is -2.36. The third-order valence-electron chi connectivity index (χ3n) is 3.33. The van der Waals surface area contributed by atoms with E-state index in [1.165, 1.54) is 12.3 Å². The fourth-order valence-corrected chi connectivity index (χ4v) is 2.56. The molecule has 2 rings (SSSR count). The van der Waals surface area contributed by atoms with Gasteiger partial charge in [-0.1, -0.05) is 11.6 Å². The highest BCUT2D eigenvalue weighted by molar-refractivity contribution is 6.35. The van der Waals surface area contributed by atoms with Crippen LogP contribution in [0.4, 0.5) is 10.6 Å². The van der Waals surface area contributed by atoms with E-state index in [-0.39, 0.29) is 16.7 Å². The molecule has 1 fully saturated rings. The molecule has 1 aliphatic rings. The zero-order chi connectivity index (χ0) is 17.2. The number of halogens is 1. The van der Waals surface area contributed by atoms with Crippen LogP contribution in [0.1, 0.15) is 31.1 Å². The third kappa shape index (κ3) is 4.25. The van der Waals surface area contributed by atoms with Crippen molar-refractivity contribution in [3.8, 4) is 0 Å². The van der Waals surface area contributed by atoms with Gasteiger partial charge >= 0.3 is 12.1 Å². The SMILES string of the molecule is CC(C)(C)OC(=O)N1CCN(c2nccc(C(=O)O)c2Cl)CC1. The van der Waals surface area contributed by atoms with Crippen LogP contribution >= 0.6 is 11.6 Å². The highest BCUT2D eigenvalue weighted by atomic mass is 35.5. The van der Waals surface area contributed by atoms with Gasteiger partial charge in [-0.15, -0.1) is 0 Å². The van der Waals surface area contributed by atoms with E-state index in [1.54, 1.807) is 4.90 Å². The van der Waals surface area contributed by atoms with Crippen molar-refractivity contribution in [3.05, 3.63) is 22.8 Å². The molecule has 0 spiro atoms. The number of ether oxygens (including phenoxy) is 1. The Morgan fingerprint density at radius 1 is 1.26 bits per heavy atom. The van der Waals surface area contributed by atoms with Gasteiger partial charge in [0.15, 0.2) is 0 Å². The van der Waals surface area contributed by atoms with Gasteiger partial charge in [0.25, 0.3) is 0 Å². The van der Waals surface area contributed by atoms with Crippen molar-refractivity contribution in [3.63, 3.8) is 0 Å². The molecule has 1 aliphatic heterocycles. The quantitative estimate of drug-likeness (QED) is 0.889. The number of hydrogen-bond donors (Lipinski definition) is 1. The maximum Gasteiger partial charge on any atom is 0.410 e. The standard InChI is InChI=1S/C15H20ClN3O4/c1-15(2,3)23-14(22)19-8-6-18(7-9-19)12-11(16)10(13(20)21)4-5-17-12/h4-5H,6-9H2,1-3H3,(H,20,21). The summed E-state index contributed by atoms with van der Waals surface area (Å²) in [6.45, 7) is 7.41. The summed E-state index contributed by atoms with van der Waals surface area (Å²) < 4.78 is 5.34. The molecule has 0 unspecified atom stereocenters. The minimum atomic E-state index is -1.09. The van der Waals surface area contributed by atoms with E-state index in [1.807, 2.05) is 25.7 Å². The van der Waals surface area contributed by atoms with Crippen LogP contribution in [-0.4, -0.2) is 58.8 Å². The van der Waals surface area contributed by atoms with Gasteiger partial charge in [-0.05, 0) is 26.8 Å². The zero-order valence-corrected chi connectivity index (χ0v) is 14.1. The van der Waals surface area contributed by atoms with E-state index >= 15 is 0 Å². The van der Waals surface area contributed by atoms with Crippen molar-refractivity contribution in [1.29, 1.82) is 0 Å². The van der Waals surface area contributed by atoms with Crippen molar-refractivity contribution >= 4 is 29.5 Å². The molecule has 0 bridgehead atoms. The Kier molecular flexibility index (Phi) is 4.99. The number of carboxylic acid groups (broad SMARTS) is 1. The molecule has 0 aromatic carbocycles. The summed E-state index contributed by atoms with van der Waals surface area (Å²) in [5.74, 6) is -0.665. The third-order valence-corrected chi connectivity index (χ3v) is 3.70. The fourth-order valence-electron chi connectivity index (χ4n) is 2.25. The monoisotopic (exact) mass is 341 g/mol. The largest absolute Gasteiger partial charge is 0.478 e. The maximum atomic E-state index is 12.0. The van der Waals surface area contributed by atoms with E-state index < -0.39 is 11.6 Å². The van der Waals surface area contributed by atoms with Crippen LogP contribution in [0, 0.1) is 0 Å². The summed E-state index contributed by atoms with van der Waals surface area (Å²) in [4.78, 5) is 30.8. The molecular weight excluding hydrogens is 322 g/mol. The first kappa shape index (κ1) is 17.3. The predicted molar refractivity (Wildman–Crippen MR) is 86.2 cm³/mol. The number of piperazine rings is 1. The zero-order valence-electron chi connectivity index (χ0n) is 13.4. The molecule has 0 atom stereocenters. The van der Waals surface area contributed by atoms with Gasteiger partial charge in [-0.3, -0.25) is 0 Å². The van der Waals surface area contributed by atoms with Crippen molar-refractivity contribution in [2.24, 2.45) is 0 Å². The number of nitrogens with zero attached hydrogens (tertiary/aromatic N) is 3. The summed E-state index contributed by atoms with van der Waals surface area (Å²) in [6, 6.07) is 1.37. The van der Waals surface area contributed by atoms with Crippen molar-refractivity contribution in [2.45, 2.75) is 26.4 Å². The number of anilines is 1. The number of carboxylic acids is 1. The summed E-state index contributed by atoms with van der Waals surface area (Å²) in [6.07, 6.45) is 1.07. The van der Waals surface area contributed by atoms with Gasteiger partial charge in [0.2, 0.25) is 0 Å². The number of carbonyl (C=O) groups is 2. The highest BCUT2D eigenvalue weighted by Crippen LogP contribution is 2.27. The second kappa shape index (κ2) is 6.62. The maximum absolute atomic E-state index is 12.0. The molecule has 8 heteroatoms. The lowest BCUT2D eigenvalue weighted by Crippen LogP contribution is -2.50. The highest BCUT2D eigenvalue weighted by Gasteiger charge is 2.27. The summed E-state index contributed by atoms with van der Waals surface area (Å²) >= 11 is 6.13. The van der Waals surface area contributed by atoms with Gasteiger partial charge in [-0.25, -0.2) is 14.6 Å². The van der Waals surface area contributed by atoms with Crippen molar-refractivity contribution in [2.75, 3.05) is 31.1 Å². The lowest BCUT2D eigenvalue weighted by molar-refractivity contribution is 0.0240. The molecule has 1 N–H and O–H groups in total. The first-order valence-corrected chi connectivity index (χ1v) is 7.67. The molecule has 0 saturated carbocycles. The van der Waals surface area contributed by atoms with E-state index in [9.17, 15) is 9.59 Å². The molecule has 23 heavy (non-hydrogen) atoms. The first-order chi connectivity index (χ1) is 10.7. The molecule has 0 radical (unpaired) electrons. The Labute approximate surface area is 139 Å². The second-order valence-electron chi connectivity index (χ2n) is 6.26. The number of amides is 1. The number of aromatic carboxylic acids is 1. The first-order valence-electron chi connectivity index (χ1n) is 7.30. The number of rotatable bonds is 2. The van der Waals surface area contributed by atoms with E-state index in [0.717, 1.165) is 0 Å². The second-order valence-corrected chi connectivity index (χ2v) is 6.63. The minimum absolute atomic E-state index is 0.0197. The van der Waals surface area contributed by atoms with Crippen LogP contribution in [0.15, 0.2) is 12.3 Å². The van der Waals surface area contributed by atoms with Crippen LogP contribution < -0.4 is 4.90 Å². The predicted octanol–water partition coefficient (Wildman–Crippen LogP) is 2.49. The molecule has 2 heterocycles. The average molecular weight is 342 g/mol. The van der Waals surface area contributed by atoms with Gasteiger partial charge in [0.05, 0.1) is 10.6 Å². The molecule has 1 saturated heterocycles. The molecule has 1 amide bonds. The van der Waals surface area contributed by atoms with Gasteiger partial charge < -0.3 is 19.6 Å².